The lowest BCUT2D eigenvalue weighted by Gasteiger charge is -2.20. The highest BCUT2D eigenvalue weighted by Crippen LogP contribution is 2.17. The van der Waals surface area contributed by atoms with Gasteiger partial charge in [0.25, 0.3) is 0 Å². The van der Waals surface area contributed by atoms with Crippen LogP contribution in [-0.4, -0.2) is 47.4 Å². The van der Waals surface area contributed by atoms with Gasteiger partial charge < -0.3 is 20.3 Å². The van der Waals surface area contributed by atoms with E-state index in [1.165, 1.54) is 238 Å². The minimum Gasteiger partial charge on any atom is -0.466 e. The van der Waals surface area contributed by atoms with Crippen molar-refractivity contribution in [1.29, 1.82) is 0 Å². The molecule has 0 aromatic carbocycles. The van der Waals surface area contributed by atoms with Crippen molar-refractivity contribution < 1.29 is 24.5 Å². The zero-order valence-electron chi connectivity index (χ0n) is 45.6. The van der Waals surface area contributed by atoms with Crippen LogP contribution in [0.1, 0.15) is 322 Å². The van der Waals surface area contributed by atoms with Gasteiger partial charge >= 0.3 is 5.97 Å². The van der Waals surface area contributed by atoms with Gasteiger partial charge in [0.2, 0.25) is 5.91 Å². The molecule has 6 heteroatoms. The third-order valence-corrected chi connectivity index (χ3v) is 13.9. The number of carbonyl (C=O) groups excluding carboxylic acids is 2. The monoisotopic (exact) mass is 956 g/mol. The van der Waals surface area contributed by atoms with Gasteiger partial charge in [-0.05, 0) is 64.2 Å². The van der Waals surface area contributed by atoms with Gasteiger partial charge in [-0.1, -0.05) is 281 Å². The number of rotatable bonds is 56. The zero-order valence-corrected chi connectivity index (χ0v) is 45.6. The molecule has 0 fully saturated rings. The molecule has 0 saturated heterocycles. The molecule has 0 bridgehead atoms. The number of nitrogens with one attached hydrogen (secondary N) is 1. The van der Waals surface area contributed by atoms with Gasteiger partial charge in [-0.15, -0.1) is 0 Å². The maximum Gasteiger partial charge on any atom is 0.305 e. The maximum atomic E-state index is 12.5. The molecule has 0 saturated carbocycles. The Morgan fingerprint density at radius 1 is 0.412 bits per heavy atom. The Labute approximate surface area is 424 Å². The van der Waals surface area contributed by atoms with Crippen molar-refractivity contribution in [3.8, 4) is 0 Å². The molecule has 0 aromatic rings. The molecule has 6 nitrogen and oxygen atoms in total. The van der Waals surface area contributed by atoms with E-state index in [0.717, 1.165) is 57.8 Å². The van der Waals surface area contributed by atoms with Gasteiger partial charge in [-0.3, -0.25) is 9.59 Å². The third-order valence-electron chi connectivity index (χ3n) is 13.9. The Morgan fingerprint density at radius 2 is 0.735 bits per heavy atom. The van der Waals surface area contributed by atoms with Crippen LogP contribution in [0, 0.1) is 0 Å². The van der Waals surface area contributed by atoms with E-state index in [1.807, 2.05) is 6.08 Å². The molecular weight excluding hydrogens is 839 g/mol. The van der Waals surface area contributed by atoms with E-state index in [0.29, 0.717) is 19.4 Å². The van der Waals surface area contributed by atoms with Gasteiger partial charge in [0.1, 0.15) is 0 Å². The van der Waals surface area contributed by atoms with Crippen LogP contribution < -0.4 is 5.32 Å². The number of aliphatic hydroxyl groups is 2. The predicted molar refractivity (Wildman–Crippen MR) is 296 cm³/mol. The summed E-state index contributed by atoms with van der Waals surface area (Å²) < 4.78 is 5.46. The van der Waals surface area contributed by atoms with Gasteiger partial charge in [0.05, 0.1) is 25.4 Å². The molecule has 0 aliphatic carbocycles. The summed E-state index contributed by atoms with van der Waals surface area (Å²) in [5.41, 5.74) is 0. The van der Waals surface area contributed by atoms with Crippen molar-refractivity contribution in [3.63, 3.8) is 0 Å². The number of hydrogen-bond acceptors (Lipinski definition) is 5. The lowest BCUT2D eigenvalue weighted by Crippen LogP contribution is -2.45. The highest BCUT2D eigenvalue weighted by Gasteiger charge is 2.18. The highest BCUT2D eigenvalue weighted by atomic mass is 16.5. The van der Waals surface area contributed by atoms with Crippen LogP contribution in [0.15, 0.2) is 36.5 Å². The second-order valence-corrected chi connectivity index (χ2v) is 20.7. The van der Waals surface area contributed by atoms with Gasteiger partial charge in [-0.2, -0.15) is 0 Å². The van der Waals surface area contributed by atoms with Gasteiger partial charge in [0, 0.05) is 12.8 Å². The van der Waals surface area contributed by atoms with E-state index < -0.39 is 12.1 Å². The summed E-state index contributed by atoms with van der Waals surface area (Å²) in [4.78, 5) is 24.5. The predicted octanol–water partition coefficient (Wildman–Crippen LogP) is 18.8. The Kier molecular flexibility index (Phi) is 56.0. The summed E-state index contributed by atoms with van der Waals surface area (Å²) >= 11 is 0. The standard InChI is InChI=1S/C62H117NO5/c1-3-5-7-9-11-13-15-16-17-25-28-31-35-38-42-46-50-54-60(65)59(58-64)63-61(66)55-51-47-43-39-36-32-29-26-23-21-19-18-20-22-24-27-30-33-37-41-45-49-53-57-68-62(67)56-52-48-44-40-34-14-12-10-8-6-4-2/h18,20-21,23,50,54,59-60,64-65H,3-17,19,22,24-49,51-53,55-58H2,1-2H3,(H,63,66)/b20-18-,23-21-,54-50+. The summed E-state index contributed by atoms with van der Waals surface area (Å²) in [5, 5.41) is 23.1. The summed E-state index contributed by atoms with van der Waals surface area (Å²) in [6.45, 7) is 4.90. The first-order valence-corrected chi connectivity index (χ1v) is 30.3. The number of carbonyl (C=O) groups is 2. The molecule has 2 unspecified atom stereocenters. The molecule has 0 radical (unpaired) electrons. The molecule has 0 rings (SSSR count). The van der Waals surface area contributed by atoms with E-state index in [1.54, 1.807) is 6.08 Å². The molecular formula is C62H117NO5. The summed E-state index contributed by atoms with van der Waals surface area (Å²) in [7, 11) is 0. The van der Waals surface area contributed by atoms with Crippen LogP contribution in [0.25, 0.3) is 0 Å². The lowest BCUT2D eigenvalue weighted by atomic mass is 10.0. The van der Waals surface area contributed by atoms with Gasteiger partial charge in [-0.25, -0.2) is 0 Å². The van der Waals surface area contributed by atoms with E-state index in [4.69, 9.17) is 4.74 Å². The molecule has 400 valence electrons. The summed E-state index contributed by atoms with van der Waals surface area (Å²) in [6, 6.07) is -0.636. The fourth-order valence-electron chi connectivity index (χ4n) is 9.25. The Morgan fingerprint density at radius 3 is 1.12 bits per heavy atom. The second-order valence-electron chi connectivity index (χ2n) is 20.7. The van der Waals surface area contributed by atoms with E-state index in [9.17, 15) is 19.8 Å². The first-order valence-electron chi connectivity index (χ1n) is 30.3. The molecule has 68 heavy (non-hydrogen) atoms. The van der Waals surface area contributed by atoms with Crippen molar-refractivity contribution in [2.45, 2.75) is 334 Å². The third kappa shape index (κ3) is 53.4. The fraction of sp³-hybridized carbons (Fsp3) is 0.871. The smallest absolute Gasteiger partial charge is 0.305 e. The van der Waals surface area contributed by atoms with Gasteiger partial charge in [0.15, 0.2) is 0 Å². The van der Waals surface area contributed by atoms with E-state index in [2.05, 4.69) is 43.5 Å². The van der Waals surface area contributed by atoms with Crippen LogP contribution in [0.3, 0.4) is 0 Å². The van der Waals surface area contributed by atoms with E-state index >= 15 is 0 Å². The minimum atomic E-state index is -0.851. The number of unbranched alkanes of at least 4 members (excludes halogenated alkanes) is 41. The molecule has 2 atom stereocenters. The fourth-order valence-corrected chi connectivity index (χ4v) is 9.25. The molecule has 1 amide bonds. The first-order chi connectivity index (χ1) is 33.5. The van der Waals surface area contributed by atoms with Crippen LogP contribution in [-0.2, 0) is 14.3 Å². The molecule has 0 spiro atoms. The molecule has 0 aromatic heterocycles. The van der Waals surface area contributed by atoms with E-state index in [-0.39, 0.29) is 18.5 Å². The van der Waals surface area contributed by atoms with Crippen molar-refractivity contribution in [3.05, 3.63) is 36.5 Å². The number of allylic oxidation sites excluding steroid dienone is 5. The second kappa shape index (κ2) is 57.7. The molecule has 0 aliphatic rings. The van der Waals surface area contributed by atoms with Crippen LogP contribution in [0.5, 0.6) is 0 Å². The normalized spacial score (nSPS) is 12.8. The average Bonchev–Trinajstić information content (AvgIpc) is 3.34. The van der Waals surface area contributed by atoms with Crippen molar-refractivity contribution in [2.24, 2.45) is 0 Å². The number of ether oxygens (including phenoxy) is 1. The zero-order chi connectivity index (χ0) is 49.3. The number of esters is 1. The van der Waals surface area contributed by atoms with Crippen molar-refractivity contribution >= 4 is 11.9 Å². The van der Waals surface area contributed by atoms with Crippen molar-refractivity contribution in [1.82, 2.24) is 5.32 Å². The Hall–Kier alpha value is -1.92. The number of hydrogen-bond donors (Lipinski definition) is 3. The largest absolute Gasteiger partial charge is 0.466 e. The molecule has 0 heterocycles. The summed E-state index contributed by atoms with van der Waals surface area (Å²) in [5.74, 6) is -0.0708. The Bertz CT molecular complexity index is 1100. The lowest BCUT2D eigenvalue weighted by molar-refractivity contribution is -0.143. The SMILES string of the molecule is CCCCCCCCCCCCCCCCC/C=C/C(O)C(CO)NC(=O)CCCCCCCCC/C=C\C/C=C\CCCCCCCCCCCOC(=O)CCCCCCCCCCCCC. The minimum absolute atomic E-state index is 0.00610. The number of amides is 1. The average molecular weight is 957 g/mol. The van der Waals surface area contributed by atoms with Crippen LogP contribution in [0.2, 0.25) is 0 Å². The Balaban J connectivity index is 3.49. The highest BCUT2D eigenvalue weighted by molar-refractivity contribution is 5.76. The number of aliphatic hydroxyl groups excluding tert-OH is 2. The van der Waals surface area contributed by atoms with Crippen LogP contribution >= 0.6 is 0 Å². The maximum absolute atomic E-state index is 12.5. The van der Waals surface area contributed by atoms with Crippen LogP contribution in [0.4, 0.5) is 0 Å². The molecule has 0 aliphatic heterocycles. The quantitative estimate of drug-likeness (QED) is 0.0321. The summed E-state index contributed by atoms with van der Waals surface area (Å²) in [6.07, 6.45) is 71.8. The topological polar surface area (TPSA) is 95.9 Å². The first kappa shape index (κ1) is 66.1. The molecule has 3 N–H and O–H groups in total. The van der Waals surface area contributed by atoms with Crippen molar-refractivity contribution in [2.75, 3.05) is 13.2 Å².